The predicted molar refractivity (Wildman–Crippen MR) is 100 cm³/mol. The number of hydrogen-bond acceptors (Lipinski definition) is 3. The molecule has 0 atom stereocenters. The van der Waals surface area contributed by atoms with Gasteiger partial charge in [0.2, 0.25) is 0 Å². The molecule has 0 amide bonds. The zero-order valence-electron chi connectivity index (χ0n) is 16.1. The summed E-state index contributed by atoms with van der Waals surface area (Å²) in [5.41, 5.74) is 0. The van der Waals surface area contributed by atoms with Crippen LogP contribution in [-0.2, 0) is 14.6 Å². The highest BCUT2D eigenvalue weighted by Gasteiger charge is 2.16. The van der Waals surface area contributed by atoms with E-state index in [2.05, 4.69) is 25.2 Å². The minimum atomic E-state index is -4.30. The highest BCUT2D eigenvalue weighted by Crippen LogP contribution is 2.12. The summed E-state index contributed by atoms with van der Waals surface area (Å²) in [5.74, 6) is 0. The third kappa shape index (κ3) is 18.2. The van der Waals surface area contributed by atoms with Crippen LogP contribution in [0.1, 0.15) is 84.0 Å². The number of rotatable bonds is 17. The van der Waals surface area contributed by atoms with Crippen LogP contribution in [0, 0.1) is 0 Å². The Labute approximate surface area is 150 Å². The minimum Gasteiger partial charge on any atom is -0.327 e. The fourth-order valence-electron chi connectivity index (χ4n) is 2.88. The first-order valence-electron chi connectivity index (χ1n) is 9.71. The topological polar surface area (TPSA) is 63.6 Å². The van der Waals surface area contributed by atoms with E-state index in [-0.39, 0.29) is 6.61 Å². The lowest BCUT2D eigenvalue weighted by Crippen LogP contribution is -2.43. The molecule has 0 radical (unpaired) electrons. The Balaban J connectivity index is 3.39. The molecular formula is C18H40NO4S+. The molecule has 0 aliphatic heterocycles. The summed E-state index contributed by atoms with van der Waals surface area (Å²) >= 11 is 0. The van der Waals surface area contributed by atoms with E-state index in [4.69, 9.17) is 4.55 Å². The third-order valence-corrected chi connectivity index (χ3v) is 5.01. The van der Waals surface area contributed by atoms with E-state index in [1.54, 1.807) is 0 Å². The van der Waals surface area contributed by atoms with Crippen molar-refractivity contribution in [3.63, 3.8) is 0 Å². The van der Waals surface area contributed by atoms with Crippen molar-refractivity contribution in [2.24, 2.45) is 0 Å². The number of quaternary nitrogens is 1. The van der Waals surface area contributed by atoms with Crippen LogP contribution in [0.3, 0.4) is 0 Å². The van der Waals surface area contributed by atoms with Gasteiger partial charge in [-0.1, -0.05) is 71.1 Å². The summed E-state index contributed by atoms with van der Waals surface area (Å²) in [6.45, 7) is 3.88. The fraction of sp³-hybridized carbons (Fsp3) is 1.00. The van der Waals surface area contributed by atoms with Crippen molar-refractivity contribution in [3.8, 4) is 0 Å². The normalized spacial score (nSPS) is 12.7. The van der Waals surface area contributed by atoms with Crippen LogP contribution in [-0.4, -0.2) is 51.2 Å². The molecule has 0 rings (SSSR count). The van der Waals surface area contributed by atoms with Gasteiger partial charge >= 0.3 is 10.4 Å². The molecule has 24 heavy (non-hydrogen) atoms. The number of unbranched alkanes of at least 4 members (excludes halogenated alkanes) is 11. The van der Waals surface area contributed by atoms with E-state index in [1.165, 1.54) is 70.6 Å². The Kier molecular flexibility index (Phi) is 13.9. The fourth-order valence-corrected chi connectivity index (χ4v) is 3.17. The van der Waals surface area contributed by atoms with E-state index in [1.807, 2.05) is 0 Å². The van der Waals surface area contributed by atoms with Crippen molar-refractivity contribution in [2.75, 3.05) is 33.8 Å². The second-order valence-corrected chi connectivity index (χ2v) is 8.61. The second-order valence-electron chi connectivity index (χ2n) is 7.52. The van der Waals surface area contributed by atoms with E-state index in [0.29, 0.717) is 11.0 Å². The van der Waals surface area contributed by atoms with Gasteiger partial charge in [-0.15, -0.1) is 0 Å². The second kappa shape index (κ2) is 14.0. The molecule has 0 fully saturated rings. The van der Waals surface area contributed by atoms with Crippen LogP contribution >= 0.6 is 0 Å². The molecule has 1 N–H and O–H groups in total. The van der Waals surface area contributed by atoms with Gasteiger partial charge in [0, 0.05) is 0 Å². The molecule has 146 valence electrons. The highest BCUT2D eigenvalue weighted by molar-refractivity contribution is 7.80. The van der Waals surface area contributed by atoms with Crippen LogP contribution < -0.4 is 0 Å². The van der Waals surface area contributed by atoms with Crippen LogP contribution in [0.5, 0.6) is 0 Å². The quantitative estimate of drug-likeness (QED) is 0.232. The van der Waals surface area contributed by atoms with Crippen molar-refractivity contribution < 1.29 is 21.6 Å². The summed E-state index contributed by atoms with van der Waals surface area (Å²) in [4.78, 5) is 0. The maximum absolute atomic E-state index is 10.5. The Morgan fingerprint density at radius 3 is 1.58 bits per heavy atom. The maximum atomic E-state index is 10.5. The van der Waals surface area contributed by atoms with Gasteiger partial charge in [-0.3, -0.25) is 4.55 Å². The lowest BCUT2D eigenvalue weighted by molar-refractivity contribution is -0.890. The van der Waals surface area contributed by atoms with Gasteiger partial charge in [0.15, 0.2) is 0 Å². The number of likely N-dealkylation sites (N-methyl/N-ethyl adjacent to an activating group) is 1. The monoisotopic (exact) mass is 366 g/mol. The van der Waals surface area contributed by atoms with Crippen LogP contribution in [0.2, 0.25) is 0 Å². The van der Waals surface area contributed by atoms with Gasteiger partial charge in [0.1, 0.15) is 13.2 Å². The molecule has 0 aromatic rings. The van der Waals surface area contributed by atoms with Gasteiger partial charge in [-0.2, -0.15) is 8.42 Å². The molecule has 5 nitrogen and oxygen atoms in total. The molecule has 6 heteroatoms. The highest BCUT2D eigenvalue weighted by atomic mass is 32.3. The molecule has 0 aromatic heterocycles. The van der Waals surface area contributed by atoms with Gasteiger partial charge < -0.3 is 4.48 Å². The van der Waals surface area contributed by atoms with E-state index >= 15 is 0 Å². The van der Waals surface area contributed by atoms with Crippen molar-refractivity contribution in [2.45, 2.75) is 84.0 Å². The zero-order chi connectivity index (χ0) is 18.3. The SMILES string of the molecule is CCCCCCCCCCCCCC[N+](C)(C)CCOS(=O)(=O)O. The summed E-state index contributed by atoms with van der Waals surface area (Å²) in [5, 5.41) is 0. The average molecular weight is 367 g/mol. The lowest BCUT2D eigenvalue weighted by atomic mass is 10.1. The average Bonchev–Trinajstić information content (AvgIpc) is 2.46. The minimum absolute atomic E-state index is 0.0318. The van der Waals surface area contributed by atoms with E-state index < -0.39 is 10.4 Å². The summed E-state index contributed by atoms with van der Waals surface area (Å²) < 4.78 is 34.7. The molecule has 0 aromatic carbocycles. The third-order valence-electron chi connectivity index (χ3n) is 4.55. The summed E-state index contributed by atoms with van der Waals surface area (Å²) in [7, 11) is -0.181. The van der Waals surface area contributed by atoms with E-state index in [0.717, 1.165) is 13.0 Å². The van der Waals surface area contributed by atoms with Crippen molar-refractivity contribution in [1.82, 2.24) is 0 Å². The van der Waals surface area contributed by atoms with Crippen molar-refractivity contribution in [1.29, 1.82) is 0 Å². The molecule has 0 spiro atoms. The van der Waals surface area contributed by atoms with Gasteiger partial charge in [0.05, 0.1) is 20.6 Å². The summed E-state index contributed by atoms with van der Waals surface area (Å²) in [6.07, 6.45) is 16.0. The Morgan fingerprint density at radius 2 is 1.17 bits per heavy atom. The maximum Gasteiger partial charge on any atom is 0.397 e. The summed E-state index contributed by atoms with van der Waals surface area (Å²) in [6, 6.07) is 0. The largest absolute Gasteiger partial charge is 0.397 e. The Bertz CT molecular complexity index is 382. The van der Waals surface area contributed by atoms with Gasteiger partial charge in [0.25, 0.3) is 0 Å². The lowest BCUT2D eigenvalue weighted by Gasteiger charge is -2.29. The molecular weight excluding hydrogens is 326 g/mol. The number of nitrogens with zero attached hydrogens (tertiary/aromatic N) is 1. The van der Waals surface area contributed by atoms with Crippen molar-refractivity contribution >= 4 is 10.4 Å². The molecule has 0 bridgehead atoms. The van der Waals surface area contributed by atoms with Gasteiger partial charge in [-0.25, -0.2) is 4.18 Å². The van der Waals surface area contributed by atoms with Crippen molar-refractivity contribution in [3.05, 3.63) is 0 Å². The molecule has 0 saturated heterocycles. The molecule has 0 unspecified atom stereocenters. The molecule has 0 heterocycles. The molecule has 0 aliphatic rings. The zero-order valence-corrected chi connectivity index (χ0v) is 17.0. The van der Waals surface area contributed by atoms with Crippen LogP contribution in [0.25, 0.3) is 0 Å². The molecule has 0 saturated carbocycles. The van der Waals surface area contributed by atoms with E-state index in [9.17, 15) is 8.42 Å². The predicted octanol–water partition coefficient (Wildman–Crippen LogP) is 4.58. The molecule has 0 aliphatic carbocycles. The Morgan fingerprint density at radius 1 is 0.750 bits per heavy atom. The Hall–Kier alpha value is -0.170. The number of hydrogen-bond donors (Lipinski definition) is 1. The smallest absolute Gasteiger partial charge is 0.327 e. The van der Waals surface area contributed by atoms with Crippen LogP contribution in [0.15, 0.2) is 0 Å². The van der Waals surface area contributed by atoms with Gasteiger partial charge in [-0.05, 0) is 12.8 Å². The first kappa shape index (κ1) is 23.8. The van der Waals surface area contributed by atoms with Crippen LogP contribution in [0.4, 0.5) is 0 Å². The first-order valence-corrected chi connectivity index (χ1v) is 11.1. The standard InChI is InChI=1S/C18H39NO4S/c1-4-5-6-7-8-9-10-11-12-13-14-15-16-19(2,3)17-18-23-24(20,21)22/h4-18H2,1-3H3/p+1. The first-order chi connectivity index (χ1) is 11.3.